The number of nitrogens with zero attached hydrogens (tertiary/aromatic N) is 2. The molecule has 1 heterocycles. The normalized spacial score (nSPS) is 21.0. The molecule has 0 radical (unpaired) electrons. The maximum Gasteiger partial charge on any atom is 0.121 e. The lowest BCUT2D eigenvalue weighted by molar-refractivity contribution is 0.144. The van der Waals surface area contributed by atoms with Crippen LogP contribution in [0.2, 0.25) is 0 Å². The molecule has 1 spiro atoms. The van der Waals surface area contributed by atoms with Gasteiger partial charge in [-0.2, -0.15) is 5.26 Å². The number of piperidine rings is 1. The number of benzene rings is 1. The first-order chi connectivity index (χ1) is 10.3. The number of nitriles is 1. The molecule has 112 valence electrons. The molecule has 0 bridgehead atoms. The van der Waals surface area contributed by atoms with Crippen molar-refractivity contribution < 1.29 is 4.74 Å². The minimum absolute atomic E-state index is 0.598. The molecule has 0 amide bonds. The van der Waals surface area contributed by atoms with Crippen molar-refractivity contribution in [2.24, 2.45) is 5.41 Å². The molecule has 0 N–H and O–H groups in total. The Bertz CT molecular complexity index is 531. The standard InChI is InChI=1S/C18H24N2O/c1-21-16-6-5-15(14-19)17(13-16)20-11-9-18(10-12-20)7-3-2-4-8-18/h5-6,13H,2-4,7-12H2,1H3. The van der Waals surface area contributed by atoms with Crippen LogP contribution in [0.4, 0.5) is 5.69 Å². The smallest absolute Gasteiger partial charge is 0.121 e. The zero-order valence-electron chi connectivity index (χ0n) is 12.9. The average molecular weight is 284 g/mol. The van der Waals surface area contributed by atoms with Crippen LogP contribution >= 0.6 is 0 Å². The Kier molecular flexibility index (Phi) is 4.05. The van der Waals surface area contributed by atoms with Gasteiger partial charge in [0, 0.05) is 19.2 Å². The lowest BCUT2D eigenvalue weighted by atomic mass is 9.68. The van der Waals surface area contributed by atoms with Gasteiger partial charge in [-0.05, 0) is 43.2 Å². The summed E-state index contributed by atoms with van der Waals surface area (Å²) in [4.78, 5) is 2.38. The van der Waals surface area contributed by atoms with Crippen LogP contribution < -0.4 is 9.64 Å². The Morgan fingerprint density at radius 1 is 1.10 bits per heavy atom. The molecule has 2 aliphatic rings. The molecule has 2 fully saturated rings. The molecule has 0 unspecified atom stereocenters. The molecular formula is C18H24N2O. The lowest BCUT2D eigenvalue weighted by Gasteiger charge is -2.45. The van der Waals surface area contributed by atoms with Gasteiger partial charge >= 0.3 is 0 Å². The van der Waals surface area contributed by atoms with E-state index < -0.39 is 0 Å². The first-order valence-corrected chi connectivity index (χ1v) is 8.09. The Labute approximate surface area is 127 Å². The molecule has 0 aromatic heterocycles. The van der Waals surface area contributed by atoms with Crippen LogP contribution in [0.15, 0.2) is 18.2 Å². The first-order valence-electron chi connectivity index (χ1n) is 8.09. The van der Waals surface area contributed by atoms with Crippen LogP contribution in [0.1, 0.15) is 50.5 Å². The summed E-state index contributed by atoms with van der Waals surface area (Å²) in [5.41, 5.74) is 2.40. The molecule has 3 heteroatoms. The number of hydrogen-bond acceptors (Lipinski definition) is 3. The highest BCUT2D eigenvalue weighted by molar-refractivity contribution is 5.62. The zero-order valence-corrected chi connectivity index (χ0v) is 12.9. The van der Waals surface area contributed by atoms with E-state index in [1.807, 2.05) is 18.2 Å². The highest BCUT2D eigenvalue weighted by Crippen LogP contribution is 2.45. The summed E-state index contributed by atoms with van der Waals surface area (Å²) in [5.74, 6) is 0.835. The van der Waals surface area contributed by atoms with Crippen molar-refractivity contribution in [2.45, 2.75) is 44.9 Å². The Morgan fingerprint density at radius 2 is 1.81 bits per heavy atom. The number of ether oxygens (including phenoxy) is 1. The van der Waals surface area contributed by atoms with Gasteiger partial charge < -0.3 is 9.64 Å². The van der Waals surface area contributed by atoms with Crippen molar-refractivity contribution in [3.63, 3.8) is 0 Å². The second-order valence-electron chi connectivity index (χ2n) is 6.54. The molecule has 1 aliphatic heterocycles. The monoisotopic (exact) mass is 284 g/mol. The maximum atomic E-state index is 9.34. The third kappa shape index (κ3) is 2.85. The van der Waals surface area contributed by atoms with Crippen molar-refractivity contribution in [1.29, 1.82) is 5.26 Å². The van der Waals surface area contributed by atoms with Gasteiger partial charge in [-0.1, -0.05) is 19.3 Å². The van der Waals surface area contributed by atoms with E-state index in [1.54, 1.807) is 7.11 Å². The van der Waals surface area contributed by atoms with Crippen LogP contribution in [-0.2, 0) is 0 Å². The summed E-state index contributed by atoms with van der Waals surface area (Å²) in [7, 11) is 1.68. The van der Waals surface area contributed by atoms with E-state index in [1.165, 1.54) is 44.9 Å². The Morgan fingerprint density at radius 3 is 2.43 bits per heavy atom. The Hall–Kier alpha value is -1.69. The molecule has 1 aromatic rings. The van der Waals surface area contributed by atoms with Gasteiger partial charge in [0.1, 0.15) is 11.8 Å². The van der Waals surface area contributed by atoms with Gasteiger partial charge in [0.15, 0.2) is 0 Å². The van der Waals surface area contributed by atoms with E-state index in [-0.39, 0.29) is 0 Å². The van der Waals surface area contributed by atoms with Crippen LogP contribution in [0.3, 0.4) is 0 Å². The summed E-state index contributed by atoms with van der Waals surface area (Å²) >= 11 is 0. The van der Waals surface area contributed by atoms with E-state index in [0.717, 1.165) is 30.1 Å². The summed E-state index contributed by atoms with van der Waals surface area (Å²) in [6.45, 7) is 2.14. The Balaban J connectivity index is 1.76. The van der Waals surface area contributed by atoms with Crippen molar-refractivity contribution >= 4 is 5.69 Å². The molecule has 1 saturated carbocycles. The summed E-state index contributed by atoms with van der Waals surface area (Å²) in [6.07, 6.45) is 9.59. The highest BCUT2D eigenvalue weighted by Gasteiger charge is 2.35. The molecule has 3 nitrogen and oxygen atoms in total. The first kappa shape index (κ1) is 14.3. The molecule has 1 aliphatic carbocycles. The third-order valence-corrected chi connectivity index (χ3v) is 5.40. The van der Waals surface area contributed by atoms with E-state index in [4.69, 9.17) is 4.74 Å². The van der Waals surface area contributed by atoms with E-state index in [0.29, 0.717) is 5.41 Å². The van der Waals surface area contributed by atoms with E-state index in [9.17, 15) is 5.26 Å². The van der Waals surface area contributed by atoms with Crippen LogP contribution in [0.25, 0.3) is 0 Å². The topological polar surface area (TPSA) is 36.3 Å². The number of anilines is 1. The van der Waals surface area contributed by atoms with Gasteiger partial charge in [-0.3, -0.25) is 0 Å². The van der Waals surface area contributed by atoms with Crippen LogP contribution in [-0.4, -0.2) is 20.2 Å². The second kappa shape index (κ2) is 5.97. The predicted octanol–water partition coefficient (Wildman–Crippen LogP) is 4.12. The summed E-state index contributed by atoms with van der Waals surface area (Å²) < 4.78 is 5.32. The fraction of sp³-hybridized carbons (Fsp3) is 0.611. The predicted molar refractivity (Wildman–Crippen MR) is 84.7 cm³/mol. The van der Waals surface area contributed by atoms with Gasteiger partial charge in [-0.15, -0.1) is 0 Å². The molecule has 21 heavy (non-hydrogen) atoms. The maximum absolute atomic E-state index is 9.34. The lowest BCUT2D eigenvalue weighted by Crippen LogP contribution is -2.41. The fourth-order valence-corrected chi connectivity index (χ4v) is 4.02. The van der Waals surface area contributed by atoms with Crippen molar-refractivity contribution in [3.8, 4) is 11.8 Å². The van der Waals surface area contributed by atoms with E-state index in [2.05, 4.69) is 11.0 Å². The van der Waals surface area contributed by atoms with Crippen LogP contribution in [0, 0.1) is 16.7 Å². The number of hydrogen-bond donors (Lipinski definition) is 0. The molecule has 3 rings (SSSR count). The molecule has 1 aromatic carbocycles. The third-order valence-electron chi connectivity index (χ3n) is 5.40. The fourth-order valence-electron chi connectivity index (χ4n) is 4.02. The van der Waals surface area contributed by atoms with Crippen molar-refractivity contribution in [3.05, 3.63) is 23.8 Å². The van der Waals surface area contributed by atoms with E-state index >= 15 is 0 Å². The van der Waals surface area contributed by atoms with Crippen LogP contribution in [0.5, 0.6) is 5.75 Å². The average Bonchev–Trinajstić information content (AvgIpc) is 2.56. The van der Waals surface area contributed by atoms with Gasteiger partial charge in [-0.25, -0.2) is 0 Å². The zero-order chi connectivity index (χ0) is 14.7. The SMILES string of the molecule is COc1ccc(C#N)c(N2CCC3(CCCCC3)CC2)c1. The number of methoxy groups -OCH3 is 1. The minimum Gasteiger partial charge on any atom is -0.497 e. The summed E-state index contributed by atoms with van der Waals surface area (Å²) in [6, 6.07) is 8.07. The minimum atomic E-state index is 0.598. The largest absolute Gasteiger partial charge is 0.497 e. The number of rotatable bonds is 2. The highest BCUT2D eigenvalue weighted by atomic mass is 16.5. The molecule has 1 saturated heterocycles. The molecule has 0 atom stereocenters. The summed E-state index contributed by atoms with van der Waals surface area (Å²) in [5, 5.41) is 9.34. The van der Waals surface area contributed by atoms with Gasteiger partial charge in [0.25, 0.3) is 0 Å². The molecular weight excluding hydrogens is 260 g/mol. The van der Waals surface area contributed by atoms with Gasteiger partial charge in [0.2, 0.25) is 0 Å². The van der Waals surface area contributed by atoms with Gasteiger partial charge in [0.05, 0.1) is 18.4 Å². The van der Waals surface area contributed by atoms with Crippen molar-refractivity contribution in [2.75, 3.05) is 25.1 Å². The second-order valence-corrected chi connectivity index (χ2v) is 6.54. The quantitative estimate of drug-likeness (QED) is 0.819. The van der Waals surface area contributed by atoms with Crippen molar-refractivity contribution in [1.82, 2.24) is 0 Å².